The predicted octanol–water partition coefficient (Wildman–Crippen LogP) is -0.836. The highest BCUT2D eigenvalue weighted by Crippen LogP contribution is 1.92. The summed E-state index contributed by atoms with van der Waals surface area (Å²) in [6.07, 6.45) is 4.23. The summed E-state index contributed by atoms with van der Waals surface area (Å²) in [5.74, 6) is -0.485. The molecule has 1 aromatic rings. The average Bonchev–Trinajstić information content (AvgIpc) is 2.39. The smallest absolute Gasteiger partial charge is 0.320 e. The van der Waals surface area contributed by atoms with Crippen molar-refractivity contribution in [3.05, 3.63) is 18.2 Å². The van der Waals surface area contributed by atoms with Gasteiger partial charge in [0, 0.05) is 12.6 Å². The fourth-order valence-electron chi connectivity index (χ4n) is 0.658. The first kappa shape index (κ1) is 7.74. The summed E-state index contributed by atoms with van der Waals surface area (Å²) in [6, 6.07) is -0.894. The Bertz CT molecular complexity index is 232. The predicted molar refractivity (Wildman–Crippen MR) is 36.7 cm³/mol. The molecule has 0 saturated heterocycles. The summed E-state index contributed by atoms with van der Waals surface area (Å²) in [6.45, 7) is 0. The molecule has 0 spiro atoms. The molecule has 1 rings (SSSR count). The van der Waals surface area contributed by atoms with E-state index in [0.717, 1.165) is 0 Å². The van der Waals surface area contributed by atoms with Gasteiger partial charge >= 0.3 is 5.97 Å². The maximum Gasteiger partial charge on any atom is 0.320 e. The zero-order valence-corrected chi connectivity index (χ0v) is 5.74. The summed E-state index contributed by atoms with van der Waals surface area (Å²) in [5, 5.41) is 8.40. The van der Waals surface area contributed by atoms with Crippen LogP contribution in [0.4, 0.5) is 0 Å². The maximum atomic E-state index is 10.2. The number of imidazole rings is 1. The summed E-state index contributed by atoms with van der Waals surface area (Å²) in [5.41, 5.74) is 5.23. The third-order valence-corrected chi connectivity index (χ3v) is 1.23. The van der Waals surface area contributed by atoms with Crippen molar-refractivity contribution in [1.29, 1.82) is 0 Å². The highest BCUT2D eigenvalue weighted by atomic mass is 16.4. The van der Waals surface area contributed by atoms with Crippen molar-refractivity contribution >= 4 is 5.97 Å². The molecule has 4 N–H and O–H groups in total. The van der Waals surface area contributed by atoms with Crippen molar-refractivity contribution < 1.29 is 9.90 Å². The fourth-order valence-corrected chi connectivity index (χ4v) is 0.658. The standard InChI is InChI=1S/C6H8N3O2/c7-4(6(10)11)3-5-8-1-2-9-5/h1,4H,3,7H2,(H,8,9)(H,10,11). The van der Waals surface area contributed by atoms with Gasteiger partial charge in [-0.3, -0.25) is 4.79 Å². The molecule has 1 aromatic heterocycles. The molecule has 0 bridgehead atoms. The van der Waals surface area contributed by atoms with Gasteiger partial charge in [-0.25, -0.2) is 4.98 Å². The van der Waals surface area contributed by atoms with Crippen molar-refractivity contribution in [1.82, 2.24) is 9.97 Å². The third kappa shape index (κ3) is 2.05. The first-order valence-electron chi connectivity index (χ1n) is 3.09. The Morgan fingerprint density at radius 1 is 2.00 bits per heavy atom. The Labute approximate surface area is 63.3 Å². The van der Waals surface area contributed by atoms with Crippen LogP contribution in [0.15, 0.2) is 6.20 Å². The highest BCUT2D eigenvalue weighted by molar-refractivity contribution is 5.73. The van der Waals surface area contributed by atoms with Gasteiger partial charge in [0.05, 0.1) is 0 Å². The van der Waals surface area contributed by atoms with Crippen LogP contribution in [-0.2, 0) is 11.2 Å². The molecular formula is C6H8N3O2. The van der Waals surface area contributed by atoms with Crippen molar-refractivity contribution in [2.75, 3.05) is 0 Å². The number of rotatable bonds is 3. The minimum atomic E-state index is -1.03. The largest absolute Gasteiger partial charge is 0.480 e. The molecule has 5 nitrogen and oxygen atoms in total. The molecule has 0 aliphatic carbocycles. The Morgan fingerprint density at radius 2 is 2.73 bits per heavy atom. The molecular weight excluding hydrogens is 146 g/mol. The van der Waals surface area contributed by atoms with E-state index in [0.29, 0.717) is 5.82 Å². The lowest BCUT2D eigenvalue weighted by Crippen LogP contribution is -2.32. The van der Waals surface area contributed by atoms with E-state index < -0.39 is 12.0 Å². The number of carboxylic acids is 1. The van der Waals surface area contributed by atoms with E-state index in [1.807, 2.05) is 0 Å². The Balaban J connectivity index is 2.50. The number of aromatic nitrogens is 2. The molecule has 0 aliphatic heterocycles. The lowest BCUT2D eigenvalue weighted by molar-refractivity contribution is -0.138. The van der Waals surface area contributed by atoms with E-state index in [9.17, 15) is 4.79 Å². The first-order valence-corrected chi connectivity index (χ1v) is 3.09. The lowest BCUT2D eigenvalue weighted by atomic mass is 10.2. The summed E-state index contributed by atoms with van der Waals surface area (Å²) in [7, 11) is 0. The summed E-state index contributed by atoms with van der Waals surface area (Å²) >= 11 is 0. The van der Waals surface area contributed by atoms with Crippen LogP contribution in [0.25, 0.3) is 0 Å². The number of nitrogens with one attached hydrogen (secondary N) is 1. The van der Waals surface area contributed by atoms with E-state index in [2.05, 4.69) is 16.2 Å². The second kappa shape index (κ2) is 3.16. The molecule has 11 heavy (non-hydrogen) atoms. The van der Waals surface area contributed by atoms with Gasteiger partial charge in [-0.2, -0.15) is 0 Å². The second-order valence-corrected chi connectivity index (χ2v) is 2.13. The normalized spacial score (nSPS) is 12.8. The third-order valence-electron chi connectivity index (χ3n) is 1.23. The van der Waals surface area contributed by atoms with Crippen LogP contribution in [-0.4, -0.2) is 27.1 Å². The van der Waals surface area contributed by atoms with Crippen LogP contribution in [0.5, 0.6) is 0 Å². The van der Waals surface area contributed by atoms with Crippen molar-refractivity contribution in [3.8, 4) is 0 Å². The Kier molecular flexibility index (Phi) is 2.22. The van der Waals surface area contributed by atoms with Crippen LogP contribution in [0.1, 0.15) is 5.82 Å². The van der Waals surface area contributed by atoms with Crippen molar-refractivity contribution in [2.24, 2.45) is 5.73 Å². The van der Waals surface area contributed by atoms with E-state index in [-0.39, 0.29) is 6.42 Å². The average molecular weight is 154 g/mol. The number of carboxylic acid groups (broad SMARTS) is 1. The monoisotopic (exact) mass is 154 g/mol. The van der Waals surface area contributed by atoms with Crippen LogP contribution in [0, 0.1) is 6.20 Å². The maximum absolute atomic E-state index is 10.2. The molecule has 1 unspecified atom stereocenters. The van der Waals surface area contributed by atoms with Crippen molar-refractivity contribution in [3.63, 3.8) is 0 Å². The number of nitrogens with zero attached hydrogens (tertiary/aromatic N) is 1. The number of carbonyl (C=O) groups is 1. The fraction of sp³-hybridized carbons (Fsp3) is 0.333. The van der Waals surface area contributed by atoms with Gasteiger partial charge in [-0.15, -0.1) is 0 Å². The minimum Gasteiger partial charge on any atom is -0.480 e. The molecule has 0 aromatic carbocycles. The van der Waals surface area contributed by atoms with Crippen LogP contribution >= 0.6 is 0 Å². The molecule has 0 aliphatic rings. The highest BCUT2D eigenvalue weighted by Gasteiger charge is 2.12. The van der Waals surface area contributed by atoms with Crippen molar-refractivity contribution in [2.45, 2.75) is 12.5 Å². The van der Waals surface area contributed by atoms with Gasteiger partial charge in [-0.05, 0) is 0 Å². The van der Waals surface area contributed by atoms with Gasteiger partial charge in [0.15, 0.2) is 0 Å². The van der Waals surface area contributed by atoms with Crippen LogP contribution < -0.4 is 5.73 Å². The van der Waals surface area contributed by atoms with E-state index in [4.69, 9.17) is 10.8 Å². The molecule has 1 atom stereocenters. The Hall–Kier alpha value is -1.36. The topological polar surface area (TPSA) is 92.0 Å². The van der Waals surface area contributed by atoms with Gasteiger partial charge in [0.25, 0.3) is 0 Å². The van der Waals surface area contributed by atoms with Gasteiger partial charge < -0.3 is 15.8 Å². The number of hydrogen-bond donors (Lipinski definition) is 3. The van der Waals surface area contributed by atoms with Gasteiger partial charge in [0.1, 0.15) is 18.1 Å². The summed E-state index contributed by atoms with van der Waals surface area (Å²) in [4.78, 5) is 16.7. The van der Waals surface area contributed by atoms with Crippen LogP contribution in [0.3, 0.4) is 0 Å². The quantitative estimate of drug-likeness (QED) is 0.529. The zero-order valence-electron chi connectivity index (χ0n) is 5.74. The molecule has 5 heteroatoms. The number of H-pyrrole nitrogens is 1. The van der Waals surface area contributed by atoms with Gasteiger partial charge in [0.2, 0.25) is 0 Å². The second-order valence-electron chi connectivity index (χ2n) is 2.13. The molecule has 0 fully saturated rings. The SMILES string of the molecule is NC(Cc1n[c]c[nH]1)C(=O)O. The number of aromatic amines is 1. The zero-order chi connectivity index (χ0) is 8.27. The Morgan fingerprint density at radius 3 is 3.18 bits per heavy atom. The molecule has 59 valence electrons. The number of hydrogen-bond acceptors (Lipinski definition) is 3. The number of aliphatic carboxylic acids is 1. The minimum absolute atomic E-state index is 0.207. The van der Waals surface area contributed by atoms with Gasteiger partial charge in [-0.1, -0.05) is 0 Å². The molecule has 0 saturated carbocycles. The summed E-state index contributed by atoms with van der Waals surface area (Å²) < 4.78 is 0. The molecule has 1 radical (unpaired) electrons. The molecule has 1 heterocycles. The van der Waals surface area contributed by atoms with Crippen LogP contribution in [0.2, 0.25) is 0 Å². The first-order chi connectivity index (χ1) is 5.20. The van der Waals surface area contributed by atoms with E-state index in [1.165, 1.54) is 6.20 Å². The van der Waals surface area contributed by atoms with E-state index >= 15 is 0 Å². The number of nitrogens with two attached hydrogens (primary N) is 1. The van der Waals surface area contributed by atoms with E-state index in [1.54, 1.807) is 0 Å². The molecule has 0 amide bonds. The lowest BCUT2D eigenvalue weighted by Gasteiger charge is -2.01.